The van der Waals surface area contributed by atoms with Crippen LogP contribution in [0.15, 0.2) is 42.5 Å². The second kappa shape index (κ2) is 7.53. The number of halogens is 2. The highest BCUT2D eigenvalue weighted by atomic mass is 35.5. The number of benzene rings is 2. The van der Waals surface area contributed by atoms with Gasteiger partial charge < -0.3 is 10.2 Å². The summed E-state index contributed by atoms with van der Waals surface area (Å²) in [5.74, 6) is -0.148. The third-order valence-corrected chi connectivity index (χ3v) is 5.73. The van der Waals surface area contributed by atoms with E-state index in [0.29, 0.717) is 33.8 Å². The Labute approximate surface area is 168 Å². The predicted molar refractivity (Wildman–Crippen MR) is 106 cm³/mol. The van der Waals surface area contributed by atoms with E-state index in [1.54, 1.807) is 18.2 Å². The van der Waals surface area contributed by atoms with E-state index < -0.39 is 0 Å². The van der Waals surface area contributed by atoms with Crippen LogP contribution in [-0.2, 0) is 6.54 Å². The Morgan fingerprint density at radius 2 is 1.70 bits per heavy atom. The highest BCUT2D eigenvalue weighted by Gasteiger charge is 2.34. The van der Waals surface area contributed by atoms with Gasteiger partial charge in [0, 0.05) is 24.2 Å². The Morgan fingerprint density at radius 1 is 1.00 bits per heavy atom. The molecule has 6 heteroatoms. The zero-order valence-electron chi connectivity index (χ0n) is 14.8. The summed E-state index contributed by atoms with van der Waals surface area (Å²) in [5.41, 5.74) is 2.06. The molecule has 2 aromatic rings. The fourth-order valence-electron chi connectivity index (χ4n) is 3.03. The van der Waals surface area contributed by atoms with Crippen molar-refractivity contribution in [2.75, 3.05) is 0 Å². The summed E-state index contributed by atoms with van der Waals surface area (Å²) in [7, 11) is 0. The molecule has 0 saturated heterocycles. The summed E-state index contributed by atoms with van der Waals surface area (Å²) in [6.45, 7) is 0.483. The van der Waals surface area contributed by atoms with E-state index in [1.165, 1.54) is 0 Å². The van der Waals surface area contributed by atoms with Crippen LogP contribution < -0.4 is 5.32 Å². The van der Waals surface area contributed by atoms with Crippen molar-refractivity contribution in [3.05, 3.63) is 69.2 Å². The average Bonchev–Trinajstić information content (AvgIpc) is 3.56. The summed E-state index contributed by atoms with van der Waals surface area (Å²) in [6.07, 6.45) is 4.11. The lowest BCUT2D eigenvalue weighted by molar-refractivity contribution is 0.0729. The van der Waals surface area contributed by atoms with E-state index in [9.17, 15) is 9.59 Å². The number of nitrogens with zero attached hydrogens (tertiary/aromatic N) is 1. The van der Waals surface area contributed by atoms with Crippen molar-refractivity contribution in [2.24, 2.45) is 0 Å². The van der Waals surface area contributed by atoms with Gasteiger partial charge in [-0.2, -0.15) is 0 Å². The number of hydrogen-bond acceptors (Lipinski definition) is 2. The molecule has 140 valence electrons. The van der Waals surface area contributed by atoms with E-state index in [4.69, 9.17) is 23.2 Å². The van der Waals surface area contributed by atoms with Crippen LogP contribution in [0.1, 0.15) is 52.0 Å². The number of amides is 2. The molecule has 27 heavy (non-hydrogen) atoms. The smallest absolute Gasteiger partial charge is 0.255 e. The van der Waals surface area contributed by atoms with Gasteiger partial charge in [0.15, 0.2) is 0 Å². The number of nitrogens with one attached hydrogen (secondary N) is 1. The largest absolute Gasteiger partial charge is 0.349 e. The maximum absolute atomic E-state index is 13.0. The Balaban J connectivity index is 1.49. The molecule has 0 radical (unpaired) electrons. The van der Waals surface area contributed by atoms with Gasteiger partial charge in [-0.3, -0.25) is 9.59 Å². The average molecular weight is 403 g/mol. The molecule has 0 atom stereocenters. The summed E-state index contributed by atoms with van der Waals surface area (Å²) in [6, 6.07) is 13.1. The first-order valence-electron chi connectivity index (χ1n) is 9.17. The number of carbonyl (C=O) groups excluding carboxylic acids is 2. The Morgan fingerprint density at radius 3 is 2.33 bits per heavy atom. The van der Waals surface area contributed by atoms with Gasteiger partial charge in [-0.25, -0.2) is 0 Å². The summed E-state index contributed by atoms with van der Waals surface area (Å²) >= 11 is 12.3. The van der Waals surface area contributed by atoms with E-state index in [2.05, 4.69) is 5.32 Å². The number of carbonyl (C=O) groups is 2. The maximum Gasteiger partial charge on any atom is 0.255 e. The lowest BCUT2D eigenvalue weighted by Crippen LogP contribution is -2.33. The Bertz CT molecular complexity index is 874. The minimum atomic E-state index is -0.111. The van der Waals surface area contributed by atoms with Crippen LogP contribution in [0.4, 0.5) is 0 Å². The summed E-state index contributed by atoms with van der Waals surface area (Å²) in [4.78, 5) is 27.0. The molecule has 2 amide bonds. The summed E-state index contributed by atoms with van der Waals surface area (Å²) < 4.78 is 0. The van der Waals surface area contributed by atoms with Gasteiger partial charge >= 0.3 is 0 Å². The lowest BCUT2D eigenvalue weighted by Gasteiger charge is -2.23. The van der Waals surface area contributed by atoms with Crippen LogP contribution in [0, 0.1) is 0 Å². The van der Waals surface area contributed by atoms with Gasteiger partial charge in [0.25, 0.3) is 11.8 Å². The first-order chi connectivity index (χ1) is 13.0. The molecule has 0 heterocycles. The zero-order chi connectivity index (χ0) is 19.0. The van der Waals surface area contributed by atoms with Gasteiger partial charge in [0.05, 0.1) is 15.6 Å². The molecule has 2 aliphatic carbocycles. The van der Waals surface area contributed by atoms with Crippen LogP contribution in [0.25, 0.3) is 0 Å². The first kappa shape index (κ1) is 18.3. The fourth-order valence-corrected chi connectivity index (χ4v) is 3.41. The molecule has 0 spiro atoms. The fraction of sp³-hybridized carbons (Fsp3) is 0.333. The SMILES string of the molecule is O=C(NC1CC1)c1ccc(CN(C(=O)c2cccc(Cl)c2Cl)C2CC2)cc1. The molecular weight excluding hydrogens is 383 g/mol. The molecule has 4 rings (SSSR count). The molecule has 2 fully saturated rings. The second-order valence-electron chi connectivity index (χ2n) is 7.21. The van der Waals surface area contributed by atoms with Gasteiger partial charge in [-0.05, 0) is 55.5 Å². The first-order valence-corrected chi connectivity index (χ1v) is 9.93. The van der Waals surface area contributed by atoms with E-state index in [1.807, 2.05) is 29.2 Å². The molecule has 0 unspecified atom stereocenters. The van der Waals surface area contributed by atoms with E-state index in [0.717, 1.165) is 31.2 Å². The van der Waals surface area contributed by atoms with Crippen molar-refractivity contribution < 1.29 is 9.59 Å². The topological polar surface area (TPSA) is 49.4 Å². The standard InChI is InChI=1S/C21H20Cl2N2O2/c22-18-3-1-2-17(19(18)23)21(27)25(16-10-11-16)12-13-4-6-14(7-5-13)20(26)24-15-8-9-15/h1-7,15-16H,8-12H2,(H,24,26). The molecule has 4 nitrogen and oxygen atoms in total. The van der Waals surface area contributed by atoms with Gasteiger partial charge in [-0.15, -0.1) is 0 Å². The molecular formula is C21H20Cl2N2O2. The lowest BCUT2D eigenvalue weighted by atomic mass is 10.1. The van der Waals surface area contributed by atoms with Crippen LogP contribution in [0.5, 0.6) is 0 Å². The van der Waals surface area contributed by atoms with Crippen molar-refractivity contribution in [1.29, 1.82) is 0 Å². The number of hydrogen-bond donors (Lipinski definition) is 1. The summed E-state index contributed by atoms with van der Waals surface area (Å²) in [5, 5.41) is 3.65. The highest BCUT2D eigenvalue weighted by Crippen LogP contribution is 2.33. The predicted octanol–water partition coefficient (Wildman–Crippen LogP) is 4.69. The van der Waals surface area contributed by atoms with Gasteiger partial charge in [0.1, 0.15) is 0 Å². The van der Waals surface area contributed by atoms with E-state index in [-0.39, 0.29) is 17.9 Å². The molecule has 2 aromatic carbocycles. The molecule has 0 aliphatic heterocycles. The normalized spacial score (nSPS) is 16.1. The maximum atomic E-state index is 13.0. The third-order valence-electron chi connectivity index (χ3n) is 4.91. The van der Waals surface area contributed by atoms with Crippen molar-refractivity contribution >= 4 is 35.0 Å². The van der Waals surface area contributed by atoms with Crippen molar-refractivity contribution in [3.63, 3.8) is 0 Å². The van der Waals surface area contributed by atoms with Crippen molar-refractivity contribution in [2.45, 2.75) is 44.3 Å². The van der Waals surface area contributed by atoms with E-state index >= 15 is 0 Å². The molecule has 0 bridgehead atoms. The quantitative estimate of drug-likeness (QED) is 0.761. The zero-order valence-corrected chi connectivity index (χ0v) is 16.3. The van der Waals surface area contributed by atoms with Crippen LogP contribution in [0.2, 0.25) is 10.0 Å². The monoisotopic (exact) mass is 402 g/mol. The van der Waals surface area contributed by atoms with Crippen LogP contribution in [0.3, 0.4) is 0 Å². The number of rotatable bonds is 6. The third kappa shape index (κ3) is 4.28. The van der Waals surface area contributed by atoms with Gasteiger partial charge in [0.2, 0.25) is 0 Å². The minimum absolute atomic E-state index is 0.0371. The highest BCUT2D eigenvalue weighted by molar-refractivity contribution is 6.43. The molecule has 2 aliphatic rings. The second-order valence-corrected chi connectivity index (χ2v) is 8.00. The Hall–Kier alpha value is -2.04. The van der Waals surface area contributed by atoms with Crippen molar-refractivity contribution in [3.8, 4) is 0 Å². The van der Waals surface area contributed by atoms with Gasteiger partial charge in [-0.1, -0.05) is 41.4 Å². The minimum Gasteiger partial charge on any atom is -0.349 e. The molecule has 1 N–H and O–H groups in total. The van der Waals surface area contributed by atoms with Crippen LogP contribution in [-0.4, -0.2) is 28.8 Å². The molecule has 2 saturated carbocycles. The van der Waals surface area contributed by atoms with Crippen molar-refractivity contribution in [1.82, 2.24) is 10.2 Å². The van der Waals surface area contributed by atoms with Crippen LogP contribution >= 0.6 is 23.2 Å². The Kier molecular flexibility index (Phi) is 5.11. The molecule has 0 aromatic heterocycles.